The van der Waals surface area contributed by atoms with Crippen LogP contribution in [0.25, 0.3) is 0 Å². The van der Waals surface area contributed by atoms with Crippen molar-refractivity contribution in [2.24, 2.45) is 11.3 Å². The Morgan fingerprint density at radius 2 is 1.95 bits per heavy atom. The summed E-state index contributed by atoms with van der Waals surface area (Å²) in [5.74, 6) is 0.566. The van der Waals surface area contributed by atoms with E-state index in [0.29, 0.717) is 17.9 Å². The van der Waals surface area contributed by atoms with E-state index in [2.05, 4.69) is 17.3 Å². The molecule has 0 aliphatic carbocycles. The zero-order valence-electron chi connectivity index (χ0n) is 11.8. The van der Waals surface area contributed by atoms with E-state index < -0.39 is 11.0 Å². The zero-order valence-corrected chi connectivity index (χ0v) is 11.8. The van der Waals surface area contributed by atoms with Gasteiger partial charge in [0.1, 0.15) is 11.0 Å². The second kappa shape index (κ2) is 5.42. The lowest BCUT2D eigenvalue weighted by Crippen LogP contribution is -2.22. The summed E-state index contributed by atoms with van der Waals surface area (Å²) < 4.78 is 5.05. The molecule has 0 unspecified atom stereocenters. The third kappa shape index (κ3) is 3.81. The third-order valence-corrected chi connectivity index (χ3v) is 2.83. The van der Waals surface area contributed by atoms with Crippen LogP contribution in [0.3, 0.4) is 0 Å². The van der Waals surface area contributed by atoms with Crippen LogP contribution < -0.4 is 0 Å². The van der Waals surface area contributed by atoms with Crippen LogP contribution in [-0.4, -0.2) is 10.3 Å². The van der Waals surface area contributed by atoms with Crippen LogP contribution in [0, 0.1) is 34.0 Å². The number of aromatic nitrogens is 1. The fourth-order valence-corrected chi connectivity index (χ4v) is 1.96. The number of rotatable bonds is 5. The smallest absolute Gasteiger partial charge is 0.167 e. The second-order valence-electron chi connectivity index (χ2n) is 5.82. The van der Waals surface area contributed by atoms with E-state index in [1.807, 2.05) is 13.8 Å². The molecule has 0 saturated heterocycles. The largest absolute Gasteiger partial charge is 0.382 e. The molecule has 0 radical (unpaired) electrons. The molecule has 102 valence electrons. The van der Waals surface area contributed by atoms with Gasteiger partial charge in [0.15, 0.2) is 5.76 Å². The average Bonchev–Trinajstić information content (AvgIpc) is 2.75. The van der Waals surface area contributed by atoms with Crippen molar-refractivity contribution in [2.75, 3.05) is 0 Å². The molecule has 1 rings (SSSR count). The van der Waals surface area contributed by atoms with Gasteiger partial charge in [0.05, 0.1) is 17.8 Å². The van der Waals surface area contributed by atoms with Crippen molar-refractivity contribution >= 4 is 0 Å². The number of nitrogens with zero attached hydrogens (tertiary/aromatic N) is 3. The number of hydrogen-bond acceptors (Lipinski definition) is 5. The molecule has 0 aliphatic heterocycles. The minimum Gasteiger partial charge on any atom is -0.382 e. The van der Waals surface area contributed by atoms with Gasteiger partial charge in [0, 0.05) is 12.5 Å². The summed E-state index contributed by atoms with van der Waals surface area (Å²) >= 11 is 0. The van der Waals surface area contributed by atoms with Crippen LogP contribution in [0.1, 0.15) is 45.6 Å². The first kappa shape index (κ1) is 15.2. The van der Waals surface area contributed by atoms with E-state index in [-0.39, 0.29) is 12.3 Å². The molecule has 0 bridgehead atoms. The van der Waals surface area contributed by atoms with Crippen LogP contribution >= 0.6 is 0 Å². The fourth-order valence-electron chi connectivity index (χ4n) is 1.96. The summed E-state index contributed by atoms with van der Waals surface area (Å²) in [6.45, 7) is 7.11. The first-order chi connectivity index (χ1) is 8.72. The summed E-state index contributed by atoms with van der Waals surface area (Å²) in [5, 5.41) is 32.2. The Labute approximate surface area is 113 Å². The molecule has 0 amide bonds. The predicted molar refractivity (Wildman–Crippen MR) is 68.6 cm³/mol. The van der Waals surface area contributed by atoms with Crippen LogP contribution in [0.2, 0.25) is 0 Å². The molecule has 0 fully saturated rings. The van der Waals surface area contributed by atoms with Gasteiger partial charge in [0.25, 0.3) is 0 Å². The van der Waals surface area contributed by atoms with Crippen molar-refractivity contribution in [1.29, 1.82) is 10.5 Å². The van der Waals surface area contributed by atoms with E-state index >= 15 is 0 Å². The van der Waals surface area contributed by atoms with Gasteiger partial charge in [-0.2, -0.15) is 10.5 Å². The SMILES string of the molecule is CC(C)CC(C#N)(C#N)Cc1cc(C(C)(C)O)on1. The van der Waals surface area contributed by atoms with Crippen LogP contribution in [0.5, 0.6) is 0 Å². The Morgan fingerprint density at radius 3 is 2.32 bits per heavy atom. The van der Waals surface area contributed by atoms with Gasteiger partial charge in [-0.05, 0) is 26.2 Å². The Kier molecular flexibility index (Phi) is 4.34. The van der Waals surface area contributed by atoms with Gasteiger partial charge in [-0.15, -0.1) is 0 Å². The van der Waals surface area contributed by atoms with Crippen molar-refractivity contribution in [3.63, 3.8) is 0 Å². The average molecular weight is 261 g/mol. The maximum atomic E-state index is 9.80. The van der Waals surface area contributed by atoms with Gasteiger partial charge < -0.3 is 9.63 Å². The van der Waals surface area contributed by atoms with E-state index in [1.54, 1.807) is 19.9 Å². The van der Waals surface area contributed by atoms with E-state index in [4.69, 9.17) is 4.52 Å². The first-order valence-corrected chi connectivity index (χ1v) is 6.23. The van der Waals surface area contributed by atoms with Gasteiger partial charge in [0.2, 0.25) is 0 Å². The molecule has 1 heterocycles. The summed E-state index contributed by atoms with van der Waals surface area (Å²) in [5.41, 5.74) is -1.70. The highest BCUT2D eigenvalue weighted by atomic mass is 16.5. The Bertz CT molecular complexity index is 498. The molecule has 1 aromatic heterocycles. The summed E-state index contributed by atoms with van der Waals surface area (Å²) in [7, 11) is 0. The molecule has 1 aromatic rings. The molecule has 0 atom stereocenters. The molecule has 1 N–H and O–H groups in total. The van der Waals surface area contributed by atoms with E-state index in [9.17, 15) is 15.6 Å². The molecule has 0 saturated carbocycles. The third-order valence-electron chi connectivity index (χ3n) is 2.83. The number of nitriles is 2. The lowest BCUT2D eigenvalue weighted by Gasteiger charge is -2.19. The normalized spacial score (nSPS) is 12.2. The van der Waals surface area contributed by atoms with Crippen LogP contribution in [-0.2, 0) is 12.0 Å². The maximum absolute atomic E-state index is 9.80. The zero-order chi connectivity index (χ0) is 14.7. The lowest BCUT2D eigenvalue weighted by molar-refractivity contribution is 0.0474. The van der Waals surface area contributed by atoms with Crippen LogP contribution in [0.15, 0.2) is 10.6 Å². The summed E-state index contributed by atoms with van der Waals surface area (Å²) in [6, 6.07) is 5.78. The Morgan fingerprint density at radius 1 is 1.37 bits per heavy atom. The standard InChI is InChI=1S/C14H19N3O2/c1-10(2)6-14(8-15,9-16)7-11-5-12(19-17-11)13(3,4)18/h5,10,18H,6-7H2,1-4H3. The van der Waals surface area contributed by atoms with Gasteiger partial charge in [-0.1, -0.05) is 19.0 Å². The quantitative estimate of drug-likeness (QED) is 0.878. The lowest BCUT2D eigenvalue weighted by atomic mass is 9.79. The van der Waals surface area contributed by atoms with Gasteiger partial charge in [-0.25, -0.2) is 0 Å². The van der Waals surface area contributed by atoms with Crippen molar-refractivity contribution in [1.82, 2.24) is 5.16 Å². The number of aliphatic hydroxyl groups is 1. The monoisotopic (exact) mass is 261 g/mol. The van der Waals surface area contributed by atoms with Crippen molar-refractivity contribution in [3.8, 4) is 12.1 Å². The molecule has 19 heavy (non-hydrogen) atoms. The minimum atomic E-state index is -1.12. The Hall–Kier alpha value is -1.85. The highest BCUT2D eigenvalue weighted by Crippen LogP contribution is 2.30. The molecule has 0 spiro atoms. The highest BCUT2D eigenvalue weighted by molar-refractivity contribution is 5.21. The van der Waals surface area contributed by atoms with Crippen LogP contribution in [0.4, 0.5) is 0 Å². The molecular formula is C14H19N3O2. The first-order valence-electron chi connectivity index (χ1n) is 6.23. The summed E-state index contributed by atoms with van der Waals surface area (Å²) in [4.78, 5) is 0. The highest BCUT2D eigenvalue weighted by Gasteiger charge is 2.33. The van der Waals surface area contributed by atoms with E-state index in [0.717, 1.165) is 0 Å². The Balaban J connectivity index is 2.97. The maximum Gasteiger partial charge on any atom is 0.167 e. The number of hydrogen-bond donors (Lipinski definition) is 1. The molecule has 0 aliphatic rings. The minimum absolute atomic E-state index is 0.206. The second-order valence-corrected chi connectivity index (χ2v) is 5.82. The van der Waals surface area contributed by atoms with Crippen molar-refractivity contribution in [2.45, 2.75) is 46.1 Å². The molecule has 0 aromatic carbocycles. The fraction of sp³-hybridized carbons (Fsp3) is 0.643. The molecular weight excluding hydrogens is 242 g/mol. The molecule has 5 heteroatoms. The van der Waals surface area contributed by atoms with E-state index in [1.165, 1.54) is 0 Å². The molecule has 5 nitrogen and oxygen atoms in total. The van der Waals surface area contributed by atoms with Crippen molar-refractivity contribution < 1.29 is 9.63 Å². The topological polar surface area (TPSA) is 93.8 Å². The van der Waals surface area contributed by atoms with Gasteiger partial charge >= 0.3 is 0 Å². The summed E-state index contributed by atoms with van der Waals surface area (Å²) in [6.07, 6.45) is 0.683. The van der Waals surface area contributed by atoms with Gasteiger partial charge in [-0.3, -0.25) is 0 Å². The van der Waals surface area contributed by atoms with Crippen molar-refractivity contribution in [3.05, 3.63) is 17.5 Å². The predicted octanol–water partition coefficient (Wildman–Crippen LogP) is 2.52.